The van der Waals surface area contributed by atoms with E-state index in [4.69, 9.17) is 0 Å². The summed E-state index contributed by atoms with van der Waals surface area (Å²) in [4.78, 5) is 35.9. The van der Waals surface area contributed by atoms with E-state index in [-0.39, 0.29) is 30.3 Å². The number of benzene rings is 1. The molecule has 0 aliphatic heterocycles. The van der Waals surface area contributed by atoms with Gasteiger partial charge in [-0.1, -0.05) is 15.9 Å². The maximum Gasteiger partial charge on any atom is 0.418 e. The zero-order valence-electron chi connectivity index (χ0n) is 20.2. The van der Waals surface area contributed by atoms with Gasteiger partial charge in [-0.3, -0.25) is 14.6 Å². The fourth-order valence-corrected chi connectivity index (χ4v) is 4.20. The van der Waals surface area contributed by atoms with E-state index in [1.54, 1.807) is 24.3 Å². The first-order chi connectivity index (χ1) is 17.5. The highest BCUT2D eigenvalue weighted by Crippen LogP contribution is 2.49. The summed E-state index contributed by atoms with van der Waals surface area (Å²) in [6.45, 7) is 0.139. The summed E-state index contributed by atoms with van der Waals surface area (Å²) >= 11 is 3.07. The monoisotopic (exact) mass is 575 g/mol. The van der Waals surface area contributed by atoms with Gasteiger partial charge in [0.2, 0.25) is 5.91 Å². The number of rotatable bonds is 9. The average molecular weight is 576 g/mol. The summed E-state index contributed by atoms with van der Waals surface area (Å²) in [5, 5.41) is 5.58. The molecule has 0 spiro atoms. The zero-order valence-corrected chi connectivity index (χ0v) is 21.8. The van der Waals surface area contributed by atoms with Crippen molar-refractivity contribution in [3.05, 3.63) is 76.2 Å². The fourth-order valence-electron chi connectivity index (χ4n) is 3.84. The summed E-state index contributed by atoms with van der Waals surface area (Å²) in [5.74, 6) is 0.388. The van der Waals surface area contributed by atoms with Gasteiger partial charge in [0.1, 0.15) is 5.82 Å². The van der Waals surface area contributed by atoms with Crippen molar-refractivity contribution in [2.24, 2.45) is 5.41 Å². The number of pyridine rings is 2. The molecule has 1 saturated carbocycles. The number of alkyl halides is 3. The van der Waals surface area contributed by atoms with Crippen LogP contribution in [0.2, 0.25) is 0 Å². The Balaban J connectivity index is 1.33. The van der Waals surface area contributed by atoms with Gasteiger partial charge in [-0.05, 0) is 55.3 Å². The molecule has 37 heavy (non-hydrogen) atoms. The minimum Gasteiger partial charge on any atom is -0.363 e. The van der Waals surface area contributed by atoms with Crippen molar-refractivity contribution in [2.45, 2.75) is 32.0 Å². The van der Waals surface area contributed by atoms with Crippen LogP contribution in [0, 0.1) is 5.41 Å². The van der Waals surface area contributed by atoms with Crippen molar-refractivity contribution in [2.75, 3.05) is 24.3 Å². The topological polar surface area (TPSA) is 87.2 Å². The van der Waals surface area contributed by atoms with Crippen molar-refractivity contribution >= 4 is 44.8 Å². The standard InChI is InChI=1S/C26H25BrF3N5O2/c1-35(2)23-8-3-16(13-32-23)22(36)12-25(9-10-25)24(37)33-14-18-5-6-19(15-31-18)34-21-7-4-17(27)11-20(21)26(28,29)30/h3-8,11,13,15,34H,9-10,12,14H2,1-2H3,(H,33,37). The average Bonchev–Trinajstić information content (AvgIpc) is 3.64. The Morgan fingerprint density at radius 1 is 1.05 bits per heavy atom. The third-order valence-corrected chi connectivity index (χ3v) is 6.68. The number of aromatic nitrogens is 2. The largest absolute Gasteiger partial charge is 0.418 e. The van der Waals surface area contributed by atoms with Crippen molar-refractivity contribution in [1.29, 1.82) is 0 Å². The number of ketones is 1. The molecule has 194 valence electrons. The molecule has 2 aromatic heterocycles. The summed E-state index contributed by atoms with van der Waals surface area (Å²) in [5.41, 5.74) is -0.238. The van der Waals surface area contributed by atoms with E-state index in [9.17, 15) is 22.8 Å². The molecular formula is C26H25BrF3N5O2. The Hall–Kier alpha value is -3.47. The number of carbonyl (C=O) groups is 2. The van der Waals surface area contributed by atoms with E-state index in [1.807, 2.05) is 19.0 Å². The number of Topliss-reactive ketones (excluding diaryl/α,β-unsaturated/α-hetero) is 1. The van der Waals surface area contributed by atoms with Crippen LogP contribution >= 0.6 is 15.9 Å². The van der Waals surface area contributed by atoms with Gasteiger partial charge >= 0.3 is 6.18 Å². The number of halogens is 4. The van der Waals surface area contributed by atoms with Crippen molar-refractivity contribution in [3.8, 4) is 0 Å². The quantitative estimate of drug-likeness (QED) is 0.316. The Morgan fingerprint density at radius 2 is 1.81 bits per heavy atom. The first-order valence-corrected chi connectivity index (χ1v) is 12.3. The highest BCUT2D eigenvalue weighted by atomic mass is 79.9. The van der Waals surface area contributed by atoms with Crippen molar-refractivity contribution < 1.29 is 22.8 Å². The van der Waals surface area contributed by atoms with Gasteiger partial charge in [-0.25, -0.2) is 4.98 Å². The molecule has 2 N–H and O–H groups in total. The molecule has 1 aromatic carbocycles. The van der Waals surface area contributed by atoms with Crippen LogP contribution in [0.3, 0.4) is 0 Å². The van der Waals surface area contributed by atoms with Crippen LogP contribution in [0.25, 0.3) is 0 Å². The first kappa shape index (κ1) is 26.6. The first-order valence-electron chi connectivity index (χ1n) is 11.5. The highest BCUT2D eigenvalue weighted by molar-refractivity contribution is 9.10. The van der Waals surface area contributed by atoms with E-state index >= 15 is 0 Å². The van der Waals surface area contributed by atoms with Crippen LogP contribution in [0.5, 0.6) is 0 Å². The number of anilines is 3. The molecule has 7 nitrogen and oxygen atoms in total. The Kier molecular flexibility index (Phi) is 7.54. The maximum atomic E-state index is 13.4. The molecule has 1 amide bonds. The van der Waals surface area contributed by atoms with Gasteiger partial charge in [-0.15, -0.1) is 0 Å². The fraction of sp³-hybridized carbons (Fsp3) is 0.308. The minimum atomic E-state index is -4.52. The summed E-state index contributed by atoms with van der Waals surface area (Å²) in [6.07, 6.45) is -0.234. The van der Waals surface area contributed by atoms with E-state index in [1.165, 1.54) is 24.5 Å². The minimum absolute atomic E-state index is 0.0922. The van der Waals surface area contributed by atoms with Crippen LogP contribution in [0.1, 0.15) is 40.9 Å². The van der Waals surface area contributed by atoms with Crippen molar-refractivity contribution in [1.82, 2.24) is 15.3 Å². The molecular weight excluding hydrogens is 551 g/mol. The molecule has 3 aromatic rings. The second-order valence-corrected chi connectivity index (χ2v) is 10.1. The number of nitrogens with zero attached hydrogens (tertiary/aromatic N) is 3. The lowest BCUT2D eigenvalue weighted by molar-refractivity contribution is -0.137. The van der Waals surface area contributed by atoms with Crippen molar-refractivity contribution in [3.63, 3.8) is 0 Å². The maximum absolute atomic E-state index is 13.4. The second kappa shape index (κ2) is 10.5. The number of carbonyl (C=O) groups excluding carboxylic acids is 2. The smallest absolute Gasteiger partial charge is 0.363 e. The lowest BCUT2D eigenvalue weighted by Crippen LogP contribution is -2.33. The van der Waals surface area contributed by atoms with Gasteiger partial charge in [0, 0.05) is 36.7 Å². The van der Waals surface area contributed by atoms with Crippen LogP contribution in [0.15, 0.2) is 59.3 Å². The Bertz CT molecular complexity index is 1290. The molecule has 0 unspecified atom stereocenters. The molecule has 4 rings (SSSR count). The predicted molar refractivity (Wildman–Crippen MR) is 138 cm³/mol. The molecule has 0 bridgehead atoms. The van der Waals surface area contributed by atoms with Crippen LogP contribution in [0.4, 0.5) is 30.4 Å². The van der Waals surface area contributed by atoms with E-state index in [2.05, 4.69) is 36.5 Å². The summed E-state index contributed by atoms with van der Waals surface area (Å²) < 4.78 is 40.4. The van der Waals surface area contributed by atoms with E-state index in [0.717, 1.165) is 11.9 Å². The van der Waals surface area contributed by atoms with Gasteiger partial charge < -0.3 is 15.5 Å². The van der Waals surface area contributed by atoms with Crippen LogP contribution in [-0.4, -0.2) is 35.8 Å². The van der Waals surface area contributed by atoms with E-state index < -0.39 is 17.2 Å². The second-order valence-electron chi connectivity index (χ2n) is 9.21. The molecule has 1 fully saturated rings. The lowest BCUT2D eigenvalue weighted by Gasteiger charge is -2.16. The van der Waals surface area contributed by atoms with Gasteiger partial charge in [0.25, 0.3) is 0 Å². The Labute approximate surface area is 220 Å². The molecule has 0 saturated heterocycles. The molecule has 1 aliphatic carbocycles. The molecule has 1 aliphatic rings. The number of hydrogen-bond acceptors (Lipinski definition) is 6. The third kappa shape index (κ3) is 6.46. The lowest BCUT2D eigenvalue weighted by atomic mass is 9.95. The number of hydrogen-bond donors (Lipinski definition) is 2. The number of nitrogens with one attached hydrogen (secondary N) is 2. The molecule has 2 heterocycles. The van der Waals surface area contributed by atoms with Gasteiger partial charge in [0.15, 0.2) is 5.78 Å². The summed E-state index contributed by atoms with van der Waals surface area (Å²) in [7, 11) is 3.72. The predicted octanol–water partition coefficient (Wildman–Crippen LogP) is 5.74. The van der Waals surface area contributed by atoms with Gasteiger partial charge in [0.05, 0.1) is 40.8 Å². The van der Waals surface area contributed by atoms with Crippen LogP contribution < -0.4 is 15.5 Å². The van der Waals surface area contributed by atoms with Crippen LogP contribution in [-0.2, 0) is 17.5 Å². The molecule has 11 heteroatoms. The molecule has 0 radical (unpaired) electrons. The number of amides is 1. The third-order valence-electron chi connectivity index (χ3n) is 6.18. The van der Waals surface area contributed by atoms with E-state index in [0.29, 0.717) is 34.3 Å². The summed E-state index contributed by atoms with van der Waals surface area (Å²) in [6, 6.07) is 10.6. The normalized spacial score (nSPS) is 14.1. The SMILES string of the molecule is CN(C)c1ccc(C(=O)CC2(C(=O)NCc3ccc(Nc4ccc(Br)cc4C(F)(F)F)cn3)CC2)cn1. The zero-order chi connectivity index (χ0) is 26.8. The highest BCUT2D eigenvalue weighted by Gasteiger charge is 2.51. The van der Waals surface area contributed by atoms with Gasteiger partial charge in [-0.2, -0.15) is 13.2 Å². The Morgan fingerprint density at radius 3 is 2.38 bits per heavy atom. The molecule has 0 atom stereocenters.